The van der Waals surface area contributed by atoms with Crippen LogP contribution < -0.4 is 24.3 Å². The summed E-state index contributed by atoms with van der Waals surface area (Å²) in [6.45, 7) is 0.121. The molecule has 5 rings (SSSR count). The molecule has 41 heavy (non-hydrogen) atoms. The first-order valence-corrected chi connectivity index (χ1v) is 13.0. The SMILES string of the molecule is COc1ccc(NC(=O)CC2SC(=Nc3ccccc3OC)N(/N=C/c3ccc4c(c3)OCO4)C2=O)c([N+](=O)[O-])c1. The number of nitrogens with one attached hydrogen (secondary N) is 1. The Labute approximate surface area is 237 Å². The maximum Gasteiger partial charge on any atom is 0.296 e. The highest BCUT2D eigenvalue weighted by Crippen LogP contribution is 2.36. The predicted octanol–water partition coefficient (Wildman–Crippen LogP) is 4.34. The van der Waals surface area contributed by atoms with Crippen LogP contribution in [0.2, 0.25) is 0 Å². The molecule has 13 nitrogen and oxygen atoms in total. The Morgan fingerprint density at radius 1 is 1.15 bits per heavy atom. The molecule has 2 heterocycles. The smallest absolute Gasteiger partial charge is 0.296 e. The van der Waals surface area contributed by atoms with Crippen LogP contribution in [0.5, 0.6) is 23.0 Å². The van der Waals surface area contributed by atoms with Gasteiger partial charge in [-0.3, -0.25) is 19.7 Å². The maximum atomic E-state index is 13.4. The van der Waals surface area contributed by atoms with E-state index >= 15 is 0 Å². The largest absolute Gasteiger partial charge is 0.496 e. The summed E-state index contributed by atoms with van der Waals surface area (Å²) in [5.74, 6) is 0.838. The van der Waals surface area contributed by atoms with Crippen LogP contribution in [0.15, 0.2) is 70.8 Å². The van der Waals surface area contributed by atoms with Gasteiger partial charge in [0.2, 0.25) is 12.7 Å². The molecule has 0 radical (unpaired) electrons. The number of aliphatic imine (C=N–C) groups is 1. The van der Waals surface area contributed by atoms with Crippen LogP contribution in [0.4, 0.5) is 17.1 Å². The van der Waals surface area contributed by atoms with Crippen molar-refractivity contribution in [3.8, 4) is 23.0 Å². The van der Waals surface area contributed by atoms with Crippen molar-refractivity contribution in [1.29, 1.82) is 0 Å². The number of hydrazone groups is 1. The standard InChI is InChI=1S/C27H23N5O8S/c1-37-17-8-9-18(20(12-17)32(35)36)29-25(33)13-24-26(34)31(27(41-24)30-19-5-3-4-6-21(19)38-2)28-14-16-7-10-22-23(11-16)40-15-39-22/h3-12,14,24H,13,15H2,1-2H3,(H,29,33)/b28-14+,30-27?. The normalized spacial score (nSPS) is 16.8. The lowest BCUT2D eigenvalue weighted by molar-refractivity contribution is -0.384. The van der Waals surface area contributed by atoms with Crippen LogP contribution >= 0.6 is 11.8 Å². The van der Waals surface area contributed by atoms with Gasteiger partial charge in [-0.2, -0.15) is 10.1 Å². The molecule has 0 bridgehead atoms. The summed E-state index contributed by atoms with van der Waals surface area (Å²) in [5, 5.41) is 18.9. The van der Waals surface area contributed by atoms with E-state index in [0.717, 1.165) is 16.8 Å². The lowest BCUT2D eigenvalue weighted by atomic mass is 10.2. The number of nitrogens with zero attached hydrogens (tertiary/aromatic N) is 4. The van der Waals surface area contributed by atoms with Gasteiger partial charge in [0.05, 0.1) is 31.4 Å². The second-order valence-corrected chi connectivity index (χ2v) is 9.74. The maximum absolute atomic E-state index is 13.4. The Balaban J connectivity index is 1.39. The summed E-state index contributed by atoms with van der Waals surface area (Å²) >= 11 is 1.05. The second-order valence-electron chi connectivity index (χ2n) is 8.57. The summed E-state index contributed by atoms with van der Waals surface area (Å²) in [6, 6.07) is 16.3. The number of methoxy groups -OCH3 is 2. The van der Waals surface area contributed by atoms with E-state index in [1.165, 1.54) is 38.6 Å². The topological polar surface area (TPSA) is 154 Å². The van der Waals surface area contributed by atoms with Gasteiger partial charge in [0.1, 0.15) is 28.1 Å². The van der Waals surface area contributed by atoms with E-state index in [2.05, 4.69) is 15.4 Å². The van der Waals surface area contributed by atoms with Crippen molar-refractivity contribution in [2.24, 2.45) is 10.1 Å². The first-order chi connectivity index (χ1) is 19.9. The quantitative estimate of drug-likeness (QED) is 0.222. The van der Waals surface area contributed by atoms with Gasteiger partial charge in [0, 0.05) is 6.42 Å². The third-order valence-electron chi connectivity index (χ3n) is 5.98. The Kier molecular flexibility index (Phi) is 8.01. The first-order valence-electron chi connectivity index (χ1n) is 12.1. The molecular weight excluding hydrogens is 554 g/mol. The minimum atomic E-state index is -0.894. The molecule has 0 saturated carbocycles. The zero-order valence-corrected chi connectivity index (χ0v) is 22.6. The number of ether oxygens (including phenoxy) is 4. The third kappa shape index (κ3) is 6.06. The summed E-state index contributed by atoms with van der Waals surface area (Å²) in [7, 11) is 2.89. The fourth-order valence-corrected chi connectivity index (χ4v) is 5.05. The van der Waals surface area contributed by atoms with Crippen LogP contribution in [0, 0.1) is 10.1 Å². The van der Waals surface area contributed by atoms with Crippen LogP contribution in [-0.4, -0.2) is 59.4 Å². The minimum Gasteiger partial charge on any atom is -0.496 e. The highest BCUT2D eigenvalue weighted by molar-refractivity contribution is 8.15. The van der Waals surface area contributed by atoms with E-state index in [0.29, 0.717) is 28.5 Å². The number of benzene rings is 3. The van der Waals surface area contributed by atoms with Crippen molar-refractivity contribution in [3.63, 3.8) is 0 Å². The highest BCUT2D eigenvalue weighted by atomic mass is 32.2. The van der Waals surface area contributed by atoms with Gasteiger partial charge in [-0.15, -0.1) is 0 Å². The average molecular weight is 578 g/mol. The molecule has 3 aromatic rings. The van der Waals surface area contributed by atoms with Gasteiger partial charge in [-0.05, 0) is 48.0 Å². The molecule has 1 fully saturated rings. The van der Waals surface area contributed by atoms with Gasteiger partial charge in [-0.25, -0.2) is 4.99 Å². The zero-order chi connectivity index (χ0) is 28.9. The van der Waals surface area contributed by atoms with Gasteiger partial charge < -0.3 is 24.3 Å². The number of fused-ring (bicyclic) bond motifs is 1. The molecule has 210 valence electrons. The molecule has 1 saturated heterocycles. The number of hydrogen-bond acceptors (Lipinski definition) is 11. The molecule has 0 aromatic heterocycles. The lowest BCUT2D eigenvalue weighted by Gasteiger charge is -2.11. The first kappa shape index (κ1) is 27.5. The molecule has 3 aromatic carbocycles. The van der Waals surface area contributed by atoms with Crippen LogP contribution in [0.3, 0.4) is 0 Å². The summed E-state index contributed by atoms with van der Waals surface area (Å²) in [4.78, 5) is 41.9. The van der Waals surface area contributed by atoms with Crippen molar-refractivity contribution in [2.45, 2.75) is 11.7 Å². The number of rotatable bonds is 9. The van der Waals surface area contributed by atoms with E-state index < -0.39 is 22.0 Å². The van der Waals surface area contributed by atoms with Crippen LogP contribution in [0.1, 0.15) is 12.0 Å². The Morgan fingerprint density at radius 2 is 1.95 bits per heavy atom. The van der Waals surface area contributed by atoms with E-state index in [1.54, 1.807) is 42.5 Å². The van der Waals surface area contributed by atoms with Crippen molar-refractivity contribution in [3.05, 3.63) is 76.3 Å². The predicted molar refractivity (Wildman–Crippen MR) is 151 cm³/mol. The molecule has 2 aliphatic rings. The van der Waals surface area contributed by atoms with Crippen LogP contribution in [0.25, 0.3) is 0 Å². The number of carbonyl (C=O) groups is 2. The number of amides is 2. The average Bonchev–Trinajstić information content (AvgIpc) is 3.55. The summed E-state index contributed by atoms with van der Waals surface area (Å²) in [5.41, 5.74) is 0.762. The fourth-order valence-electron chi connectivity index (χ4n) is 3.98. The Bertz CT molecular complexity index is 1580. The highest BCUT2D eigenvalue weighted by Gasteiger charge is 2.40. The van der Waals surface area contributed by atoms with Crippen molar-refractivity contribution >= 4 is 52.0 Å². The van der Waals surface area contributed by atoms with E-state index in [1.807, 2.05) is 0 Å². The van der Waals surface area contributed by atoms with Gasteiger partial charge in [0.15, 0.2) is 16.7 Å². The monoisotopic (exact) mass is 577 g/mol. The van der Waals surface area contributed by atoms with Gasteiger partial charge in [0.25, 0.3) is 11.6 Å². The van der Waals surface area contributed by atoms with Gasteiger partial charge >= 0.3 is 0 Å². The number of para-hydroxylation sites is 2. The Hall–Kier alpha value is -5.11. The molecule has 0 spiro atoms. The lowest BCUT2D eigenvalue weighted by Crippen LogP contribution is -2.29. The van der Waals surface area contributed by atoms with Crippen molar-refractivity contribution < 1.29 is 33.5 Å². The minimum absolute atomic E-state index is 0.0168. The summed E-state index contributed by atoms with van der Waals surface area (Å²) in [6.07, 6.45) is 1.19. The van der Waals surface area contributed by atoms with E-state index in [9.17, 15) is 19.7 Å². The number of carbonyl (C=O) groups excluding carboxylic acids is 2. The molecule has 0 aliphatic carbocycles. The molecule has 1 unspecified atom stereocenters. The number of thioether (sulfide) groups is 1. The molecule has 14 heteroatoms. The number of anilines is 1. The fraction of sp³-hybridized carbons (Fsp3) is 0.185. The molecule has 2 amide bonds. The molecule has 2 aliphatic heterocycles. The van der Waals surface area contributed by atoms with E-state index in [4.69, 9.17) is 18.9 Å². The van der Waals surface area contributed by atoms with Crippen LogP contribution in [-0.2, 0) is 9.59 Å². The van der Waals surface area contributed by atoms with Gasteiger partial charge in [-0.1, -0.05) is 23.9 Å². The van der Waals surface area contributed by atoms with E-state index in [-0.39, 0.29) is 35.5 Å². The Morgan fingerprint density at radius 3 is 2.73 bits per heavy atom. The molecule has 1 N–H and O–H groups in total. The summed E-state index contributed by atoms with van der Waals surface area (Å²) < 4.78 is 21.2. The third-order valence-corrected chi connectivity index (χ3v) is 7.11. The van der Waals surface area contributed by atoms with Crippen molar-refractivity contribution in [1.82, 2.24) is 5.01 Å². The molecular formula is C27H23N5O8S. The number of nitro groups is 1. The molecule has 1 atom stereocenters. The number of amidine groups is 1. The zero-order valence-electron chi connectivity index (χ0n) is 21.8. The second kappa shape index (κ2) is 12.0. The van der Waals surface area contributed by atoms with Crippen molar-refractivity contribution in [2.75, 3.05) is 26.3 Å². The number of nitro benzene ring substituents is 1. The number of hydrogen-bond donors (Lipinski definition) is 1.